The average Bonchev–Trinajstić information content (AvgIpc) is 3.06. The van der Waals surface area contributed by atoms with Crippen molar-refractivity contribution in [3.63, 3.8) is 0 Å². The van der Waals surface area contributed by atoms with E-state index < -0.39 is 0 Å². The van der Waals surface area contributed by atoms with Gasteiger partial charge in [0.15, 0.2) is 0 Å². The van der Waals surface area contributed by atoms with Gasteiger partial charge in [-0.2, -0.15) is 0 Å². The Morgan fingerprint density at radius 1 is 1.12 bits per heavy atom. The molecule has 0 unspecified atom stereocenters. The molecule has 2 heterocycles. The van der Waals surface area contributed by atoms with Crippen LogP contribution in [0.25, 0.3) is 6.08 Å². The van der Waals surface area contributed by atoms with Crippen LogP contribution in [-0.2, 0) is 6.67 Å². The Morgan fingerprint density at radius 2 is 1.96 bits per heavy atom. The summed E-state index contributed by atoms with van der Waals surface area (Å²) >= 11 is 0. The molecule has 1 N–H and O–H groups in total. The summed E-state index contributed by atoms with van der Waals surface area (Å²) in [4.78, 5) is 18.6. The summed E-state index contributed by atoms with van der Waals surface area (Å²) in [6.45, 7) is 0.459. The highest BCUT2D eigenvalue weighted by molar-refractivity contribution is 6.02. The van der Waals surface area contributed by atoms with Crippen molar-refractivity contribution in [1.29, 1.82) is 0 Å². The highest BCUT2D eigenvalue weighted by Crippen LogP contribution is 2.22. The third-order valence-corrected chi connectivity index (χ3v) is 3.92. The minimum atomic E-state index is -0.287. The Morgan fingerprint density at radius 3 is 2.76 bits per heavy atom. The molecule has 0 spiro atoms. The van der Waals surface area contributed by atoms with E-state index in [1.54, 1.807) is 18.3 Å². The van der Waals surface area contributed by atoms with E-state index in [0.29, 0.717) is 18.2 Å². The molecule has 6 heteroatoms. The first-order valence-corrected chi connectivity index (χ1v) is 7.83. The lowest BCUT2D eigenvalue weighted by atomic mass is 10.3. The van der Waals surface area contributed by atoms with Gasteiger partial charge in [0.05, 0.1) is 0 Å². The fourth-order valence-corrected chi connectivity index (χ4v) is 2.69. The van der Waals surface area contributed by atoms with Gasteiger partial charge in [0.2, 0.25) is 0 Å². The van der Waals surface area contributed by atoms with Crippen molar-refractivity contribution in [3.05, 3.63) is 84.3 Å². The maximum atomic E-state index is 13.4. The van der Waals surface area contributed by atoms with Gasteiger partial charge in [0, 0.05) is 23.8 Å². The Bertz CT molecular complexity index is 949. The van der Waals surface area contributed by atoms with Crippen molar-refractivity contribution in [2.45, 2.75) is 6.67 Å². The molecule has 25 heavy (non-hydrogen) atoms. The summed E-state index contributed by atoms with van der Waals surface area (Å²) in [6.07, 6.45) is 5.33. The van der Waals surface area contributed by atoms with Crippen molar-refractivity contribution in [2.24, 2.45) is 0 Å². The maximum absolute atomic E-state index is 13.4. The molecule has 1 aliphatic rings. The summed E-state index contributed by atoms with van der Waals surface area (Å²) < 4.78 is 15.3. The SMILES string of the molecule is O=C(Nc1ccccc1)c1cn2c(n1)C=CN(c1cccc(F)c1)C2. The first kappa shape index (κ1) is 15.1. The minimum absolute atomic E-state index is 0.265. The first-order chi connectivity index (χ1) is 12.2. The lowest BCUT2D eigenvalue weighted by Gasteiger charge is -2.24. The molecule has 4 rings (SSSR count). The Balaban J connectivity index is 1.53. The number of benzene rings is 2. The van der Waals surface area contributed by atoms with Crippen LogP contribution < -0.4 is 10.2 Å². The number of para-hydroxylation sites is 1. The molecule has 5 nitrogen and oxygen atoms in total. The molecule has 0 fully saturated rings. The number of fused-ring (bicyclic) bond motifs is 1. The van der Waals surface area contributed by atoms with Crippen molar-refractivity contribution >= 4 is 23.4 Å². The highest BCUT2D eigenvalue weighted by Gasteiger charge is 2.18. The van der Waals surface area contributed by atoms with Crippen LogP contribution >= 0.6 is 0 Å². The molecule has 0 radical (unpaired) electrons. The van der Waals surface area contributed by atoms with E-state index in [0.717, 1.165) is 11.4 Å². The van der Waals surface area contributed by atoms with Gasteiger partial charge in [-0.25, -0.2) is 9.37 Å². The van der Waals surface area contributed by atoms with Gasteiger partial charge >= 0.3 is 0 Å². The third-order valence-electron chi connectivity index (χ3n) is 3.92. The normalized spacial score (nSPS) is 12.8. The summed E-state index contributed by atoms with van der Waals surface area (Å²) in [7, 11) is 0. The second-order valence-electron chi connectivity index (χ2n) is 5.68. The van der Waals surface area contributed by atoms with E-state index in [4.69, 9.17) is 0 Å². The molecule has 2 aromatic carbocycles. The highest BCUT2D eigenvalue weighted by atomic mass is 19.1. The summed E-state index contributed by atoms with van der Waals surface area (Å²) in [5, 5.41) is 2.82. The number of hydrogen-bond acceptors (Lipinski definition) is 3. The smallest absolute Gasteiger partial charge is 0.275 e. The number of hydrogen-bond donors (Lipinski definition) is 1. The van der Waals surface area contributed by atoms with E-state index in [9.17, 15) is 9.18 Å². The van der Waals surface area contributed by atoms with Crippen molar-refractivity contribution < 1.29 is 9.18 Å². The molecule has 0 saturated carbocycles. The molecule has 0 aliphatic carbocycles. The van der Waals surface area contributed by atoms with Crippen LogP contribution in [0.3, 0.4) is 0 Å². The number of anilines is 2. The fourth-order valence-electron chi connectivity index (χ4n) is 2.69. The monoisotopic (exact) mass is 334 g/mol. The van der Waals surface area contributed by atoms with Gasteiger partial charge < -0.3 is 14.8 Å². The maximum Gasteiger partial charge on any atom is 0.275 e. The van der Waals surface area contributed by atoms with Gasteiger partial charge in [0.1, 0.15) is 24.0 Å². The van der Waals surface area contributed by atoms with Crippen molar-refractivity contribution in [1.82, 2.24) is 9.55 Å². The zero-order valence-electron chi connectivity index (χ0n) is 13.3. The second kappa shape index (κ2) is 6.24. The van der Waals surface area contributed by atoms with Crippen LogP contribution in [-0.4, -0.2) is 15.5 Å². The Hall–Kier alpha value is -3.41. The van der Waals surface area contributed by atoms with Gasteiger partial charge in [-0.15, -0.1) is 0 Å². The number of halogens is 1. The molecule has 124 valence electrons. The zero-order valence-corrected chi connectivity index (χ0v) is 13.3. The van der Waals surface area contributed by atoms with Crippen LogP contribution in [0.4, 0.5) is 15.8 Å². The second-order valence-corrected chi connectivity index (χ2v) is 5.68. The summed E-state index contributed by atoms with van der Waals surface area (Å²) in [5.41, 5.74) is 1.80. The Labute approximate surface area is 144 Å². The predicted octanol–water partition coefficient (Wildman–Crippen LogP) is 3.72. The molecular weight excluding hydrogens is 319 g/mol. The van der Waals surface area contributed by atoms with E-state index in [-0.39, 0.29) is 11.7 Å². The minimum Gasteiger partial charge on any atom is -0.329 e. The number of nitrogens with one attached hydrogen (secondary N) is 1. The van der Waals surface area contributed by atoms with Crippen LogP contribution in [0.15, 0.2) is 67.0 Å². The van der Waals surface area contributed by atoms with Crippen LogP contribution in [0.2, 0.25) is 0 Å². The van der Waals surface area contributed by atoms with Crippen LogP contribution in [0.1, 0.15) is 16.3 Å². The van der Waals surface area contributed by atoms with Gasteiger partial charge in [-0.3, -0.25) is 4.79 Å². The lowest BCUT2D eigenvalue weighted by Crippen LogP contribution is -2.23. The number of rotatable bonds is 3. The molecule has 3 aromatic rings. The van der Waals surface area contributed by atoms with Crippen molar-refractivity contribution in [2.75, 3.05) is 10.2 Å². The average molecular weight is 334 g/mol. The molecule has 1 aromatic heterocycles. The van der Waals surface area contributed by atoms with Crippen molar-refractivity contribution in [3.8, 4) is 0 Å². The van der Waals surface area contributed by atoms with E-state index in [1.165, 1.54) is 12.1 Å². The van der Waals surface area contributed by atoms with Crippen LogP contribution in [0.5, 0.6) is 0 Å². The standard InChI is InChI=1S/C19H15FN4O/c20-14-5-4-8-16(11-14)23-10-9-18-22-17(12-24(18)13-23)19(25)21-15-6-2-1-3-7-15/h1-12H,13H2,(H,21,25). The number of amides is 1. The predicted molar refractivity (Wildman–Crippen MR) is 94.5 cm³/mol. The molecule has 1 aliphatic heterocycles. The molecule has 0 atom stereocenters. The fraction of sp³-hybridized carbons (Fsp3) is 0.0526. The van der Waals surface area contributed by atoms with Gasteiger partial charge in [0.25, 0.3) is 5.91 Å². The molecule has 1 amide bonds. The Kier molecular flexibility index (Phi) is 3.78. The zero-order chi connectivity index (χ0) is 17.2. The first-order valence-electron chi connectivity index (χ1n) is 7.83. The number of imidazole rings is 1. The molecule has 0 bridgehead atoms. The number of carbonyl (C=O) groups excluding carboxylic acids is 1. The number of carbonyl (C=O) groups is 1. The number of aromatic nitrogens is 2. The van der Waals surface area contributed by atoms with Crippen LogP contribution in [0, 0.1) is 5.82 Å². The van der Waals surface area contributed by atoms with Gasteiger partial charge in [-0.1, -0.05) is 24.3 Å². The van der Waals surface area contributed by atoms with E-state index in [2.05, 4.69) is 10.3 Å². The summed E-state index contributed by atoms with van der Waals surface area (Å²) in [6, 6.07) is 15.6. The largest absolute Gasteiger partial charge is 0.329 e. The number of nitrogens with zero attached hydrogens (tertiary/aromatic N) is 3. The third kappa shape index (κ3) is 3.14. The summed E-state index contributed by atoms with van der Waals surface area (Å²) in [5.74, 6) is 0.134. The van der Waals surface area contributed by atoms with E-state index >= 15 is 0 Å². The quantitative estimate of drug-likeness (QED) is 0.794. The van der Waals surface area contributed by atoms with E-state index in [1.807, 2.05) is 52.1 Å². The molecular formula is C19H15FN4O. The molecule has 0 saturated heterocycles. The topological polar surface area (TPSA) is 50.2 Å². The van der Waals surface area contributed by atoms with Gasteiger partial charge in [-0.05, 0) is 36.4 Å². The lowest BCUT2D eigenvalue weighted by molar-refractivity contribution is 0.102.